The minimum Gasteiger partial charge on any atom is -0.408 e. The van der Waals surface area contributed by atoms with Crippen LogP contribution in [-0.2, 0) is 0 Å². The van der Waals surface area contributed by atoms with Gasteiger partial charge in [-0.05, 0) is 61.6 Å². The van der Waals surface area contributed by atoms with E-state index in [1.807, 2.05) is 0 Å². The Labute approximate surface area is 193 Å². The van der Waals surface area contributed by atoms with Gasteiger partial charge in [0, 0.05) is 11.6 Å². The molecule has 1 fully saturated rings. The highest BCUT2D eigenvalue weighted by Crippen LogP contribution is 2.41. The van der Waals surface area contributed by atoms with Gasteiger partial charge in [0.25, 0.3) is 5.56 Å². The molecule has 1 aliphatic rings. The van der Waals surface area contributed by atoms with Gasteiger partial charge in [0.1, 0.15) is 17.5 Å². The summed E-state index contributed by atoms with van der Waals surface area (Å²) in [7, 11) is 0. The first-order valence-corrected chi connectivity index (χ1v) is 10.9. The van der Waals surface area contributed by atoms with Crippen LogP contribution < -0.4 is 15.6 Å². The third-order valence-electron chi connectivity index (χ3n) is 5.99. The van der Waals surface area contributed by atoms with Crippen molar-refractivity contribution in [2.45, 2.75) is 25.8 Å². The summed E-state index contributed by atoms with van der Waals surface area (Å²) in [6, 6.07) is 14.8. The predicted molar refractivity (Wildman–Crippen MR) is 123 cm³/mol. The summed E-state index contributed by atoms with van der Waals surface area (Å²) < 4.78 is 35.5. The van der Waals surface area contributed by atoms with Crippen molar-refractivity contribution in [2.24, 2.45) is 5.92 Å². The Bertz CT molecular complexity index is 1450. The molecule has 1 atom stereocenters. The number of aromatic nitrogens is 2. The highest BCUT2D eigenvalue weighted by atomic mass is 19.1. The van der Waals surface area contributed by atoms with Crippen molar-refractivity contribution in [3.63, 3.8) is 0 Å². The lowest BCUT2D eigenvalue weighted by Crippen LogP contribution is -2.33. The van der Waals surface area contributed by atoms with Gasteiger partial charge in [-0.3, -0.25) is 9.36 Å². The van der Waals surface area contributed by atoms with Crippen molar-refractivity contribution >= 4 is 16.9 Å². The Morgan fingerprint density at radius 1 is 1.12 bits per heavy atom. The van der Waals surface area contributed by atoms with E-state index in [4.69, 9.17) is 4.74 Å². The molecule has 0 radical (unpaired) electrons. The molecular weight excluding hydrogens is 440 g/mol. The zero-order chi connectivity index (χ0) is 23.8. The second-order valence-corrected chi connectivity index (χ2v) is 8.31. The minimum atomic E-state index is -0.777. The number of rotatable bonds is 5. The Kier molecular flexibility index (Phi) is 5.57. The number of hydrogen-bond acceptors (Lipinski definition) is 4. The van der Waals surface area contributed by atoms with Gasteiger partial charge in [-0.15, -0.1) is 0 Å². The van der Waals surface area contributed by atoms with Crippen molar-refractivity contribution in [1.29, 1.82) is 0 Å². The molecular formula is C26H21F2N3O3. The molecule has 5 rings (SSSR count). The van der Waals surface area contributed by atoms with E-state index in [1.165, 1.54) is 41.1 Å². The van der Waals surface area contributed by atoms with Gasteiger partial charge in [-0.25, -0.2) is 18.6 Å². The molecule has 1 saturated carbocycles. The number of amides is 1. The fraction of sp³-hybridized carbons (Fsp3) is 0.192. The summed E-state index contributed by atoms with van der Waals surface area (Å²) in [4.78, 5) is 30.4. The van der Waals surface area contributed by atoms with E-state index >= 15 is 0 Å². The molecule has 0 spiro atoms. The second kappa shape index (κ2) is 8.70. The van der Waals surface area contributed by atoms with Crippen molar-refractivity contribution in [1.82, 2.24) is 14.9 Å². The fourth-order valence-corrected chi connectivity index (χ4v) is 4.23. The molecule has 1 N–H and O–H groups in total. The van der Waals surface area contributed by atoms with Crippen LogP contribution in [0.25, 0.3) is 16.6 Å². The quantitative estimate of drug-likeness (QED) is 0.443. The highest BCUT2D eigenvalue weighted by Gasteiger charge is 2.34. The molecule has 2 aromatic heterocycles. The monoisotopic (exact) mass is 461 g/mol. The van der Waals surface area contributed by atoms with Crippen LogP contribution >= 0.6 is 0 Å². The SMILES string of the molecule is Cc1c(OC(=O)N[C@H](c2cccc(F)c2)C2CC2)c2cccc(F)c2c(=O)n1-c1ccccn1. The van der Waals surface area contributed by atoms with Gasteiger partial charge in [0.2, 0.25) is 0 Å². The van der Waals surface area contributed by atoms with E-state index in [-0.39, 0.29) is 28.3 Å². The van der Waals surface area contributed by atoms with Gasteiger partial charge >= 0.3 is 6.09 Å². The number of benzene rings is 2. The molecule has 2 heterocycles. The molecule has 0 unspecified atom stereocenters. The molecule has 6 nitrogen and oxygen atoms in total. The number of nitrogens with one attached hydrogen (secondary N) is 1. The second-order valence-electron chi connectivity index (χ2n) is 8.31. The molecule has 172 valence electrons. The van der Waals surface area contributed by atoms with Crippen LogP contribution in [-0.4, -0.2) is 15.6 Å². The van der Waals surface area contributed by atoms with Crippen LogP contribution in [0.4, 0.5) is 13.6 Å². The maximum atomic E-state index is 14.7. The first-order valence-electron chi connectivity index (χ1n) is 10.9. The Hall–Kier alpha value is -4.07. The van der Waals surface area contributed by atoms with Gasteiger partial charge < -0.3 is 10.1 Å². The van der Waals surface area contributed by atoms with Crippen molar-refractivity contribution in [2.75, 3.05) is 0 Å². The molecule has 34 heavy (non-hydrogen) atoms. The largest absolute Gasteiger partial charge is 0.413 e. The van der Waals surface area contributed by atoms with Crippen LogP contribution in [0.15, 0.2) is 71.7 Å². The van der Waals surface area contributed by atoms with Gasteiger partial charge in [0.15, 0.2) is 5.75 Å². The van der Waals surface area contributed by atoms with E-state index in [0.29, 0.717) is 11.3 Å². The Morgan fingerprint density at radius 2 is 1.91 bits per heavy atom. The fourth-order valence-electron chi connectivity index (χ4n) is 4.23. The maximum Gasteiger partial charge on any atom is 0.413 e. The summed E-state index contributed by atoms with van der Waals surface area (Å²) in [5.41, 5.74) is 0.337. The Morgan fingerprint density at radius 3 is 2.62 bits per heavy atom. The maximum absolute atomic E-state index is 14.7. The predicted octanol–water partition coefficient (Wildman–Crippen LogP) is 5.21. The Balaban J connectivity index is 1.56. The highest BCUT2D eigenvalue weighted by molar-refractivity contribution is 5.91. The molecule has 0 bridgehead atoms. The van der Waals surface area contributed by atoms with E-state index in [0.717, 1.165) is 12.8 Å². The van der Waals surface area contributed by atoms with E-state index < -0.39 is 29.3 Å². The lowest BCUT2D eigenvalue weighted by atomic mass is 10.0. The van der Waals surface area contributed by atoms with E-state index in [2.05, 4.69) is 10.3 Å². The first kappa shape index (κ1) is 21.8. The third-order valence-corrected chi connectivity index (χ3v) is 5.99. The number of carbonyl (C=O) groups excluding carboxylic acids is 1. The molecule has 0 aliphatic heterocycles. The summed E-state index contributed by atoms with van der Waals surface area (Å²) in [6.07, 6.45) is 2.54. The lowest BCUT2D eigenvalue weighted by molar-refractivity contribution is 0.194. The number of nitrogens with zero attached hydrogens (tertiary/aromatic N) is 2. The molecule has 0 saturated heterocycles. The van der Waals surface area contributed by atoms with Crippen LogP contribution in [0, 0.1) is 24.5 Å². The molecule has 1 amide bonds. The summed E-state index contributed by atoms with van der Waals surface area (Å²) in [6.45, 7) is 1.61. The number of carbonyl (C=O) groups is 1. The summed E-state index contributed by atoms with van der Waals surface area (Å²) >= 11 is 0. The average Bonchev–Trinajstić information content (AvgIpc) is 3.66. The van der Waals surface area contributed by atoms with Crippen LogP contribution in [0.1, 0.15) is 30.1 Å². The summed E-state index contributed by atoms with van der Waals surface area (Å²) in [5, 5.41) is 2.80. The smallest absolute Gasteiger partial charge is 0.408 e. The summed E-state index contributed by atoms with van der Waals surface area (Å²) in [5.74, 6) is -0.625. The topological polar surface area (TPSA) is 73.2 Å². The van der Waals surface area contributed by atoms with Crippen LogP contribution in [0.2, 0.25) is 0 Å². The van der Waals surface area contributed by atoms with Crippen LogP contribution in [0.3, 0.4) is 0 Å². The first-order chi connectivity index (χ1) is 16.4. The molecule has 4 aromatic rings. The molecule has 2 aromatic carbocycles. The number of hydrogen-bond donors (Lipinski definition) is 1. The zero-order valence-corrected chi connectivity index (χ0v) is 18.3. The molecule has 1 aliphatic carbocycles. The standard InChI is InChI=1S/C26H21F2N3O3/c1-15-24(34-26(33)30-23(16-11-12-16)17-6-4-7-18(27)14-17)19-8-5-9-20(28)22(19)25(32)31(15)21-10-2-3-13-29-21/h2-10,13-14,16,23H,11-12H2,1H3,(H,30,33)/t23-/m0/s1. The van der Waals surface area contributed by atoms with E-state index in [1.54, 1.807) is 37.3 Å². The third kappa shape index (κ3) is 4.03. The van der Waals surface area contributed by atoms with Crippen molar-refractivity contribution in [3.05, 3.63) is 100 Å². The van der Waals surface area contributed by atoms with Crippen LogP contribution in [0.5, 0.6) is 5.75 Å². The van der Waals surface area contributed by atoms with Gasteiger partial charge in [-0.1, -0.05) is 30.3 Å². The van der Waals surface area contributed by atoms with Gasteiger partial charge in [-0.2, -0.15) is 0 Å². The van der Waals surface area contributed by atoms with Crippen molar-refractivity contribution < 1.29 is 18.3 Å². The number of halogens is 2. The van der Waals surface area contributed by atoms with Gasteiger partial charge in [0.05, 0.1) is 17.1 Å². The lowest BCUT2D eigenvalue weighted by Gasteiger charge is -2.20. The average molecular weight is 461 g/mol. The molecule has 8 heteroatoms. The number of ether oxygens (including phenoxy) is 1. The van der Waals surface area contributed by atoms with Crippen molar-refractivity contribution in [3.8, 4) is 11.6 Å². The minimum absolute atomic E-state index is 0.0473. The normalized spacial score (nSPS) is 14.1. The number of fused-ring (bicyclic) bond motifs is 1. The van der Waals surface area contributed by atoms with E-state index in [9.17, 15) is 18.4 Å². The number of pyridine rings is 2. The zero-order valence-electron chi connectivity index (χ0n) is 18.3.